The van der Waals surface area contributed by atoms with Gasteiger partial charge in [-0.1, -0.05) is 23.5 Å². The number of hydrogen-bond acceptors (Lipinski definition) is 8. The zero-order chi connectivity index (χ0) is 20.4. The normalized spacial score (nSPS) is 10.7. The van der Waals surface area contributed by atoms with Crippen LogP contribution in [0.15, 0.2) is 48.8 Å². The van der Waals surface area contributed by atoms with Gasteiger partial charge < -0.3 is 14.2 Å². The third-order valence-electron chi connectivity index (χ3n) is 4.20. The van der Waals surface area contributed by atoms with Crippen LogP contribution in [0.3, 0.4) is 0 Å². The van der Waals surface area contributed by atoms with E-state index >= 15 is 0 Å². The summed E-state index contributed by atoms with van der Waals surface area (Å²) in [6.07, 6.45) is 3.19. The van der Waals surface area contributed by atoms with Crippen molar-refractivity contribution in [1.82, 2.24) is 15.0 Å². The lowest BCUT2D eigenvalue weighted by atomic mass is 10.1. The van der Waals surface area contributed by atoms with Crippen molar-refractivity contribution in [1.29, 1.82) is 0 Å². The Morgan fingerprint density at radius 1 is 1.10 bits per heavy atom. The molecule has 8 heteroatoms. The predicted octanol–water partition coefficient (Wildman–Crippen LogP) is 4.65. The van der Waals surface area contributed by atoms with Crippen LogP contribution in [0, 0.1) is 6.92 Å². The summed E-state index contributed by atoms with van der Waals surface area (Å²) >= 11 is 1.46. The molecule has 4 aromatic rings. The number of aromatic nitrogens is 3. The third kappa shape index (κ3) is 3.74. The van der Waals surface area contributed by atoms with Crippen LogP contribution in [-0.2, 0) is 4.74 Å². The van der Waals surface area contributed by atoms with E-state index in [4.69, 9.17) is 14.2 Å². The molecule has 0 aliphatic carbocycles. The molecule has 1 aromatic carbocycles. The van der Waals surface area contributed by atoms with Crippen molar-refractivity contribution in [2.24, 2.45) is 0 Å². The number of aryl methyl sites for hydroxylation is 1. The summed E-state index contributed by atoms with van der Waals surface area (Å²) < 4.78 is 17.0. The Labute approximate surface area is 170 Å². The maximum absolute atomic E-state index is 12.1. The van der Waals surface area contributed by atoms with Crippen LogP contribution >= 0.6 is 11.3 Å². The van der Waals surface area contributed by atoms with Crippen molar-refractivity contribution in [2.45, 2.75) is 6.92 Å². The van der Waals surface area contributed by atoms with Crippen LogP contribution in [0.2, 0.25) is 0 Å². The molecule has 0 fully saturated rings. The summed E-state index contributed by atoms with van der Waals surface area (Å²) in [4.78, 5) is 25.0. The van der Waals surface area contributed by atoms with Gasteiger partial charge in [-0.15, -0.1) is 0 Å². The number of rotatable bonds is 5. The number of esters is 1. The van der Waals surface area contributed by atoms with E-state index in [1.807, 2.05) is 31.2 Å². The first-order chi connectivity index (χ1) is 14.1. The minimum atomic E-state index is -0.523. The molecule has 3 aromatic heterocycles. The average Bonchev–Trinajstić information content (AvgIpc) is 3.15. The van der Waals surface area contributed by atoms with Crippen molar-refractivity contribution < 1.29 is 19.0 Å². The maximum atomic E-state index is 12.1. The Hall–Kier alpha value is -3.52. The topological polar surface area (TPSA) is 83.4 Å². The number of carbonyl (C=O) groups is 1. The molecular formula is C21H17N3O4S. The van der Waals surface area contributed by atoms with Gasteiger partial charge in [0.15, 0.2) is 16.5 Å². The Kier molecular flexibility index (Phi) is 5.09. The van der Waals surface area contributed by atoms with Gasteiger partial charge in [0.25, 0.3) is 5.88 Å². The van der Waals surface area contributed by atoms with Gasteiger partial charge in [-0.25, -0.2) is 19.7 Å². The number of carbonyl (C=O) groups excluding carboxylic acids is 1. The predicted molar refractivity (Wildman–Crippen MR) is 110 cm³/mol. The molecule has 7 nitrogen and oxygen atoms in total. The van der Waals surface area contributed by atoms with Gasteiger partial charge >= 0.3 is 5.97 Å². The molecule has 0 saturated heterocycles. The summed E-state index contributed by atoms with van der Waals surface area (Å²) in [5.74, 6) is 0.438. The summed E-state index contributed by atoms with van der Waals surface area (Å²) in [7, 11) is 2.90. The molecule has 4 rings (SSSR count). The third-order valence-corrected chi connectivity index (χ3v) is 5.17. The number of hydrogen-bond donors (Lipinski definition) is 0. The van der Waals surface area contributed by atoms with E-state index in [9.17, 15) is 4.79 Å². The lowest BCUT2D eigenvalue weighted by Crippen LogP contribution is -2.08. The summed E-state index contributed by atoms with van der Waals surface area (Å²) in [5.41, 5.74) is 2.16. The number of pyridine rings is 1. The molecule has 0 radical (unpaired) electrons. The number of nitrogens with zero attached hydrogens (tertiary/aromatic N) is 3. The Morgan fingerprint density at radius 2 is 1.97 bits per heavy atom. The molecule has 0 aliphatic rings. The van der Waals surface area contributed by atoms with Gasteiger partial charge in [0, 0.05) is 28.7 Å². The lowest BCUT2D eigenvalue weighted by Gasteiger charge is -2.07. The van der Waals surface area contributed by atoms with Crippen LogP contribution in [0.1, 0.15) is 16.2 Å². The monoisotopic (exact) mass is 407 g/mol. The van der Waals surface area contributed by atoms with Crippen molar-refractivity contribution in [3.8, 4) is 28.0 Å². The van der Waals surface area contributed by atoms with E-state index in [2.05, 4.69) is 15.0 Å². The molecule has 0 atom stereocenters. The van der Waals surface area contributed by atoms with Crippen LogP contribution < -0.4 is 9.47 Å². The molecule has 0 unspecified atom stereocenters. The Balaban J connectivity index is 1.73. The zero-order valence-corrected chi connectivity index (χ0v) is 16.8. The largest absolute Gasteiger partial charge is 0.491 e. The maximum Gasteiger partial charge on any atom is 0.358 e. The average molecular weight is 407 g/mol. The number of fused-ring (bicyclic) bond motifs is 1. The van der Waals surface area contributed by atoms with Gasteiger partial charge in [0.2, 0.25) is 0 Å². The quantitative estimate of drug-likeness (QED) is 0.445. The zero-order valence-electron chi connectivity index (χ0n) is 16.0. The minimum Gasteiger partial charge on any atom is -0.491 e. The Bertz CT molecular complexity index is 1210. The van der Waals surface area contributed by atoms with Gasteiger partial charge in [-0.2, -0.15) is 0 Å². The second kappa shape index (κ2) is 7.84. The molecule has 0 spiro atoms. The first kappa shape index (κ1) is 18.8. The standard InChI is InChI=1S/C21H17N3O4S/c1-12-11-23-19(21(25)27-3)18(24-12)14-7-6-13-10-17(29-16(13)9-14)28-20-15(26-2)5-4-8-22-20/h4-11H,1-3H3. The lowest BCUT2D eigenvalue weighted by molar-refractivity contribution is 0.0594. The molecule has 0 N–H and O–H groups in total. The molecule has 0 aliphatic heterocycles. The van der Waals surface area contributed by atoms with Crippen molar-refractivity contribution in [3.05, 3.63) is 60.2 Å². The highest BCUT2D eigenvalue weighted by molar-refractivity contribution is 7.20. The smallest absolute Gasteiger partial charge is 0.358 e. The van der Waals surface area contributed by atoms with Crippen LogP contribution in [0.25, 0.3) is 21.3 Å². The van der Waals surface area contributed by atoms with Crippen LogP contribution in [0.4, 0.5) is 0 Å². The second-order valence-corrected chi connectivity index (χ2v) is 7.18. The van der Waals surface area contributed by atoms with Crippen molar-refractivity contribution in [3.63, 3.8) is 0 Å². The molecule has 146 valence electrons. The first-order valence-corrected chi connectivity index (χ1v) is 9.53. The highest BCUT2D eigenvalue weighted by Gasteiger charge is 2.18. The molecular weight excluding hydrogens is 390 g/mol. The highest BCUT2D eigenvalue weighted by Crippen LogP contribution is 2.38. The minimum absolute atomic E-state index is 0.184. The number of methoxy groups -OCH3 is 2. The van der Waals surface area contributed by atoms with E-state index in [1.54, 1.807) is 31.6 Å². The fourth-order valence-corrected chi connectivity index (χ4v) is 3.79. The molecule has 0 bridgehead atoms. The van der Waals surface area contributed by atoms with Crippen LogP contribution in [0.5, 0.6) is 16.7 Å². The van der Waals surface area contributed by atoms with E-state index in [0.717, 1.165) is 15.6 Å². The Morgan fingerprint density at radius 3 is 2.76 bits per heavy atom. The van der Waals surface area contributed by atoms with Crippen molar-refractivity contribution >= 4 is 27.4 Å². The SMILES string of the molecule is COC(=O)c1ncc(C)nc1-c1ccc2cc(Oc3ncccc3OC)sc2c1. The second-order valence-electron chi connectivity index (χ2n) is 6.13. The number of thiophene rings is 1. The van der Waals surface area contributed by atoms with Gasteiger partial charge in [-0.05, 0) is 30.5 Å². The van der Waals surface area contributed by atoms with Gasteiger partial charge in [-0.3, -0.25) is 0 Å². The van der Waals surface area contributed by atoms with E-state index in [-0.39, 0.29) is 5.69 Å². The number of benzene rings is 1. The fourth-order valence-electron chi connectivity index (χ4n) is 2.83. The fraction of sp³-hybridized carbons (Fsp3) is 0.143. The van der Waals surface area contributed by atoms with Gasteiger partial charge in [0.05, 0.1) is 19.9 Å². The van der Waals surface area contributed by atoms with Crippen LogP contribution in [-0.4, -0.2) is 35.1 Å². The number of ether oxygens (including phenoxy) is 3. The van der Waals surface area contributed by atoms with E-state index in [0.29, 0.717) is 28.1 Å². The molecule has 29 heavy (non-hydrogen) atoms. The molecule has 0 amide bonds. The highest BCUT2D eigenvalue weighted by atomic mass is 32.1. The molecule has 3 heterocycles. The summed E-state index contributed by atoms with van der Waals surface area (Å²) in [6, 6.07) is 11.3. The van der Waals surface area contributed by atoms with Crippen molar-refractivity contribution in [2.75, 3.05) is 14.2 Å². The summed E-state index contributed by atoms with van der Waals surface area (Å²) in [5, 5.41) is 1.68. The summed E-state index contributed by atoms with van der Waals surface area (Å²) in [6.45, 7) is 1.83. The van der Waals surface area contributed by atoms with E-state index in [1.165, 1.54) is 18.4 Å². The molecule has 0 saturated carbocycles. The first-order valence-electron chi connectivity index (χ1n) is 8.72. The van der Waals surface area contributed by atoms with Gasteiger partial charge in [0.1, 0.15) is 5.69 Å². The van der Waals surface area contributed by atoms with E-state index < -0.39 is 5.97 Å².